The second-order valence-electron chi connectivity index (χ2n) is 16.2. The summed E-state index contributed by atoms with van der Waals surface area (Å²) in [5.41, 5.74) is 17.3. The van der Waals surface area contributed by atoms with E-state index in [1.807, 2.05) is 0 Å². The van der Waals surface area contributed by atoms with Crippen molar-refractivity contribution in [1.29, 1.82) is 0 Å². The van der Waals surface area contributed by atoms with Gasteiger partial charge in [0.1, 0.15) is 11.6 Å². The van der Waals surface area contributed by atoms with Crippen molar-refractivity contribution in [2.45, 2.75) is 94.0 Å². The van der Waals surface area contributed by atoms with E-state index in [0.29, 0.717) is 29.8 Å². The fourth-order valence-electron chi connectivity index (χ4n) is 11.3. The third-order valence-electron chi connectivity index (χ3n) is 13.8. The molecule has 2 N–H and O–H groups in total. The van der Waals surface area contributed by atoms with Crippen LogP contribution in [-0.4, -0.2) is 56.9 Å². The molecule has 244 valence electrons. The van der Waals surface area contributed by atoms with Gasteiger partial charge in [0.25, 0.3) is 0 Å². The summed E-state index contributed by atoms with van der Waals surface area (Å²) in [6.07, 6.45) is 14.9. The lowest BCUT2D eigenvalue weighted by Gasteiger charge is -2.32. The smallest absolute Gasteiger partial charge is 0.124 e. The number of nitrogens with one attached hydrogen (secondary N) is 2. The molecule has 11 rings (SSSR count). The molecule has 6 nitrogen and oxygen atoms in total. The first-order valence-corrected chi connectivity index (χ1v) is 18.9. The molecular formula is C42H46N6. The summed E-state index contributed by atoms with van der Waals surface area (Å²) in [5, 5.41) is 0. The molecule has 48 heavy (non-hydrogen) atoms. The molecule has 3 aromatic carbocycles. The number of H-pyrrole nitrogens is 2. The average Bonchev–Trinajstić information content (AvgIpc) is 3.93. The van der Waals surface area contributed by atoms with E-state index in [2.05, 4.69) is 82.5 Å². The van der Waals surface area contributed by atoms with Crippen LogP contribution in [0.4, 0.5) is 0 Å². The number of rotatable bonds is 5. The lowest BCUT2D eigenvalue weighted by Crippen LogP contribution is -2.19. The maximum atomic E-state index is 5.04. The van der Waals surface area contributed by atoms with Gasteiger partial charge in [-0.1, -0.05) is 30.3 Å². The lowest BCUT2D eigenvalue weighted by atomic mass is 9.72. The number of hydrogen-bond donors (Lipinski definition) is 2. The summed E-state index contributed by atoms with van der Waals surface area (Å²) in [5.74, 6) is 5.16. The molecule has 6 atom stereocenters. The lowest BCUT2D eigenvalue weighted by molar-refractivity contribution is 0.281. The van der Waals surface area contributed by atoms with Crippen molar-refractivity contribution in [3.8, 4) is 33.5 Å². The van der Waals surface area contributed by atoms with E-state index < -0.39 is 0 Å². The molecular weight excluding hydrogens is 589 g/mol. The summed E-state index contributed by atoms with van der Waals surface area (Å²) in [7, 11) is 4.47. The Hall–Kier alpha value is -3.74. The van der Waals surface area contributed by atoms with Gasteiger partial charge < -0.3 is 9.97 Å². The number of imidazole rings is 2. The summed E-state index contributed by atoms with van der Waals surface area (Å²) < 4.78 is 0. The Morgan fingerprint density at radius 3 is 2.12 bits per heavy atom. The molecule has 6 heteroatoms. The first kappa shape index (κ1) is 28.1. The monoisotopic (exact) mass is 634 g/mol. The molecule has 2 bridgehead atoms. The number of aromatic nitrogens is 4. The Balaban J connectivity index is 1.01. The van der Waals surface area contributed by atoms with Gasteiger partial charge in [0.15, 0.2) is 0 Å². The summed E-state index contributed by atoms with van der Waals surface area (Å²) in [4.78, 5) is 22.4. The van der Waals surface area contributed by atoms with Gasteiger partial charge in [0.2, 0.25) is 0 Å². The normalized spacial score (nSPS) is 29.1. The predicted octanol–water partition coefficient (Wildman–Crippen LogP) is 9.23. The van der Waals surface area contributed by atoms with Crippen LogP contribution in [0.5, 0.6) is 0 Å². The molecule has 0 spiro atoms. The van der Waals surface area contributed by atoms with Crippen LogP contribution >= 0.6 is 0 Å². The summed E-state index contributed by atoms with van der Waals surface area (Å²) >= 11 is 0. The maximum Gasteiger partial charge on any atom is 0.124 e. The first-order valence-electron chi connectivity index (χ1n) is 18.9. The van der Waals surface area contributed by atoms with E-state index in [1.54, 1.807) is 22.3 Å². The van der Waals surface area contributed by atoms with Gasteiger partial charge in [0, 0.05) is 5.56 Å². The minimum atomic E-state index is 0.410. The van der Waals surface area contributed by atoms with E-state index in [1.165, 1.54) is 103 Å². The topological polar surface area (TPSA) is 63.8 Å². The Labute approximate surface area is 283 Å². The van der Waals surface area contributed by atoms with Crippen LogP contribution in [0.15, 0.2) is 48.7 Å². The van der Waals surface area contributed by atoms with E-state index in [-0.39, 0.29) is 0 Å². The molecule has 2 saturated heterocycles. The van der Waals surface area contributed by atoms with Crippen molar-refractivity contribution in [2.75, 3.05) is 27.2 Å². The Kier molecular flexibility index (Phi) is 6.09. The van der Waals surface area contributed by atoms with Gasteiger partial charge in [-0.25, -0.2) is 9.97 Å². The molecule has 2 aromatic heterocycles. The molecule has 0 amide bonds. The van der Waals surface area contributed by atoms with Crippen LogP contribution in [0, 0.1) is 5.92 Å². The first-order chi connectivity index (χ1) is 23.6. The fourth-order valence-corrected chi connectivity index (χ4v) is 11.3. The highest BCUT2D eigenvalue weighted by Crippen LogP contribution is 2.61. The fraction of sp³-hybridized carbons (Fsp3) is 0.476. The minimum Gasteiger partial charge on any atom is -0.341 e. The highest BCUT2D eigenvalue weighted by molar-refractivity contribution is 5.88. The second kappa shape index (κ2) is 10.4. The molecule has 6 aliphatic rings. The van der Waals surface area contributed by atoms with Crippen molar-refractivity contribution in [3.05, 3.63) is 82.6 Å². The van der Waals surface area contributed by atoms with Crippen LogP contribution < -0.4 is 0 Å². The van der Waals surface area contributed by atoms with Crippen molar-refractivity contribution < 1.29 is 0 Å². The quantitative estimate of drug-likeness (QED) is 0.202. The van der Waals surface area contributed by atoms with Crippen LogP contribution in [0.2, 0.25) is 0 Å². The van der Waals surface area contributed by atoms with Gasteiger partial charge in [-0.05, 0) is 172 Å². The molecule has 4 fully saturated rings. The van der Waals surface area contributed by atoms with E-state index in [9.17, 15) is 0 Å². The van der Waals surface area contributed by atoms with Crippen molar-refractivity contribution >= 4 is 11.0 Å². The van der Waals surface area contributed by atoms with Gasteiger partial charge in [-0.2, -0.15) is 0 Å². The summed E-state index contributed by atoms with van der Waals surface area (Å²) in [6.45, 7) is 2.32. The van der Waals surface area contributed by atoms with Crippen molar-refractivity contribution in [1.82, 2.24) is 29.7 Å². The van der Waals surface area contributed by atoms with Crippen molar-refractivity contribution in [2.24, 2.45) is 5.92 Å². The molecule has 4 aliphatic carbocycles. The van der Waals surface area contributed by atoms with Crippen LogP contribution in [0.1, 0.15) is 122 Å². The molecule has 4 heterocycles. The minimum absolute atomic E-state index is 0.410. The molecule has 5 aromatic rings. The Morgan fingerprint density at radius 1 is 0.688 bits per heavy atom. The van der Waals surface area contributed by atoms with Gasteiger partial charge in [0.05, 0.1) is 35.0 Å². The van der Waals surface area contributed by atoms with E-state index in [0.717, 1.165) is 36.2 Å². The molecule has 5 unspecified atom stereocenters. The van der Waals surface area contributed by atoms with Crippen LogP contribution in [-0.2, 0) is 6.42 Å². The highest BCUT2D eigenvalue weighted by Gasteiger charge is 2.45. The van der Waals surface area contributed by atoms with Crippen LogP contribution in [0.25, 0.3) is 44.5 Å². The average molecular weight is 635 g/mol. The zero-order valence-corrected chi connectivity index (χ0v) is 28.4. The number of hydrogen-bond acceptors (Lipinski definition) is 4. The molecule has 0 radical (unpaired) electrons. The number of benzene rings is 3. The standard InChI is InChI=1S/C42H46N6/c1-47-17-3-5-36(47)41-43-22-35(46-41)29-13-15-31(40-28-11-9-23(28)20-32(29)40)30-14-12-27(38-25-7-8-26(19-25)39(30)38)24-10-16-33-34(21-24)45-42(44-33)37-6-4-18-48(37)2/h10,12-16,21-23,25-26,28,36-37H,3-9,11,17-20H2,1-2H3,(H,43,46)(H,44,45)/t23?,25?,26?,28?,36?,37-/m0/s1. The van der Waals surface area contributed by atoms with Gasteiger partial charge in [-0.3, -0.25) is 9.80 Å². The largest absolute Gasteiger partial charge is 0.341 e. The number of fused-ring (bicyclic) bond motifs is 9. The second-order valence-corrected chi connectivity index (χ2v) is 16.2. The van der Waals surface area contributed by atoms with Gasteiger partial charge in [-0.15, -0.1) is 0 Å². The number of likely N-dealkylation sites (tertiary alicyclic amines) is 2. The highest BCUT2D eigenvalue weighted by atomic mass is 15.2. The van der Waals surface area contributed by atoms with Gasteiger partial charge >= 0.3 is 0 Å². The number of nitrogens with zero attached hydrogens (tertiary/aromatic N) is 4. The third kappa shape index (κ3) is 3.99. The maximum absolute atomic E-state index is 5.04. The molecule has 2 saturated carbocycles. The van der Waals surface area contributed by atoms with Crippen molar-refractivity contribution in [3.63, 3.8) is 0 Å². The number of aromatic amines is 2. The van der Waals surface area contributed by atoms with Crippen LogP contribution in [0.3, 0.4) is 0 Å². The Bertz CT molecular complexity index is 2100. The van der Waals surface area contributed by atoms with E-state index in [4.69, 9.17) is 9.97 Å². The third-order valence-corrected chi connectivity index (χ3v) is 13.8. The zero-order chi connectivity index (χ0) is 31.7. The van der Waals surface area contributed by atoms with E-state index >= 15 is 0 Å². The SMILES string of the molecule is CN1CCCC1c1ncc(-c2ccc(-c3ccc(-c4ccc5nc([C@@H]6CCCN6C)[nH]c5c4)c4c3C3CCC4C3)c3c2CC2CCC32)[nH]1. The predicted molar refractivity (Wildman–Crippen MR) is 192 cm³/mol. The summed E-state index contributed by atoms with van der Waals surface area (Å²) in [6, 6.07) is 17.7. The zero-order valence-electron chi connectivity index (χ0n) is 28.4. The molecule has 2 aliphatic heterocycles. The Morgan fingerprint density at radius 2 is 1.40 bits per heavy atom.